The highest BCUT2D eigenvalue weighted by Gasteiger charge is 2.14. The molecule has 0 aliphatic rings. The zero-order chi connectivity index (χ0) is 15.1. The van der Waals surface area contributed by atoms with Crippen molar-refractivity contribution in [2.75, 3.05) is 0 Å². The molecule has 3 aromatic heterocycles. The third kappa shape index (κ3) is 2.01. The van der Waals surface area contributed by atoms with E-state index in [0.29, 0.717) is 21.8 Å². The van der Waals surface area contributed by atoms with Crippen LogP contribution in [-0.4, -0.2) is 19.2 Å². The second-order valence-electron chi connectivity index (χ2n) is 4.99. The van der Waals surface area contributed by atoms with E-state index >= 15 is 0 Å². The van der Waals surface area contributed by atoms with Crippen LogP contribution in [0.1, 0.15) is 5.56 Å². The highest BCUT2D eigenvalue weighted by atomic mass is 32.1. The van der Waals surface area contributed by atoms with E-state index in [1.807, 2.05) is 34.0 Å². The maximum absolute atomic E-state index is 12.7. The second kappa shape index (κ2) is 5.19. The van der Waals surface area contributed by atoms with E-state index < -0.39 is 0 Å². The van der Waals surface area contributed by atoms with Gasteiger partial charge in [-0.05, 0) is 35.6 Å². The third-order valence-corrected chi connectivity index (χ3v) is 4.85. The Bertz CT molecular complexity index is 1070. The van der Waals surface area contributed by atoms with Crippen LogP contribution in [0.2, 0.25) is 0 Å². The first kappa shape index (κ1) is 13.4. The van der Waals surface area contributed by atoms with Crippen LogP contribution in [0.3, 0.4) is 0 Å². The smallest absolute Gasteiger partial charge is 0.272 e. The Morgan fingerprint density at radius 2 is 2.05 bits per heavy atom. The number of fused-ring (bicyclic) bond motifs is 3. The summed E-state index contributed by atoms with van der Waals surface area (Å²) in [5, 5.41) is 8.92. The quantitative estimate of drug-likeness (QED) is 0.588. The molecule has 3 heterocycles. The van der Waals surface area contributed by atoms with Gasteiger partial charge in [-0.1, -0.05) is 30.3 Å². The Kier molecular flexibility index (Phi) is 3.16. The van der Waals surface area contributed by atoms with Crippen molar-refractivity contribution in [3.8, 4) is 0 Å². The number of aromatic nitrogens is 4. The lowest BCUT2D eigenvalue weighted by molar-refractivity contribution is 0.679. The molecule has 4 aromatic rings. The lowest BCUT2D eigenvalue weighted by atomic mass is 10.1. The lowest BCUT2D eigenvalue weighted by Gasteiger charge is -2.08. The van der Waals surface area contributed by atoms with Crippen LogP contribution >= 0.6 is 23.6 Å². The summed E-state index contributed by atoms with van der Waals surface area (Å²) >= 11 is 6.73. The van der Waals surface area contributed by atoms with Gasteiger partial charge in [-0.25, -0.2) is 5.10 Å². The van der Waals surface area contributed by atoms with Gasteiger partial charge in [0.2, 0.25) is 10.5 Å². The molecule has 4 rings (SSSR count). The van der Waals surface area contributed by atoms with Gasteiger partial charge in [-0.3, -0.25) is 13.8 Å². The summed E-state index contributed by atoms with van der Waals surface area (Å²) in [4.78, 5) is 12.7. The molecule has 0 unspecified atom stereocenters. The fourth-order valence-corrected chi connectivity index (χ4v) is 3.68. The van der Waals surface area contributed by atoms with Gasteiger partial charge in [0.25, 0.3) is 5.56 Å². The minimum Gasteiger partial charge on any atom is -0.275 e. The number of thiophene rings is 1. The molecular formula is C15H12N4OS2. The van der Waals surface area contributed by atoms with Crippen LogP contribution in [0.15, 0.2) is 46.6 Å². The number of nitrogens with one attached hydrogen (secondary N) is 1. The van der Waals surface area contributed by atoms with E-state index in [0.717, 1.165) is 11.9 Å². The molecule has 110 valence electrons. The molecule has 0 atom stereocenters. The first-order chi connectivity index (χ1) is 10.8. The Morgan fingerprint density at radius 1 is 1.23 bits per heavy atom. The number of rotatable bonds is 3. The average Bonchev–Trinajstić information content (AvgIpc) is 3.15. The van der Waals surface area contributed by atoms with Crippen molar-refractivity contribution in [3.05, 3.63) is 62.5 Å². The maximum Gasteiger partial charge on any atom is 0.272 e. The zero-order valence-electron chi connectivity index (χ0n) is 11.5. The number of nitrogens with zero attached hydrogens (tertiary/aromatic N) is 3. The monoisotopic (exact) mass is 328 g/mol. The molecule has 1 N–H and O–H groups in total. The summed E-state index contributed by atoms with van der Waals surface area (Å²) in [5.74, 6) is 0.567. The number of hydrogen-bond donors (Lipinski definition) is 1. The number of benzene rings is 1. The second-order valence-corrected chi connectivity index (χ2v) is 6.29. The number of H-pyrrole nitrogens is 1. The van der Waals surface area contributed by atoms with Crippen LogP contribution in [0, 0.1) is 4.77 Å². The number of aromatic amines is 1. The molecule has 0 aliphatic heterocycles. The molecule has 0 fully saturated rings. The van der Waals surface area contributed by atoms with Crippen LogP contribution < -0.4 is 5.56 Å². The lowest BCUT2D eigenvalue weighted by Crippen LogP contribution is -2.23. The highest BCUT2D eigenvalue weighted by molar-refractivity contribution is 7.71. The Balaban J connectivity index is 1.90. The topological polar surface area (TPSA) is 55.1 Å². The zero-order valence-corrected chi connectivity index (χ0v) is 13.2. The Labute approximate surface area is 134 Å². The SMILES string of the molecule is O=c1c2sccc2n2c(=S)[nH]nc2n1CCc1ccccc1. The van der Waals surface area contributed by atoms with E-state index in [4.69, 9.17) is 12.2 Å². The molecule has 7 heteroatoms. The summed E-state index contributed by atoms with van der Waals surface area (Å²) in [5.41, 5.74) is 2.00. The van der Waals surface area contributed by atoms with Crippen molar-refractivity contribution < 1.29 is 0 Å². The molecule has 0 saturated heterocycles. The fraction of sp³-hybridized carbons (Fsp3) is 0.133. The van der Waals surface area contributed by atoms with Crippen LogP contribution in [-0.2, 0) is 13.0 Å². The van der Waals surface area contributed by atoms with Crippen molar-refractivity contribution in [1.29, 1.82) is 0 Å². The first-order valence-corrected chi connectivity index (χ1v) is 8.15. The molecule has 0 bridgehead atoms. The predicted octanol–water partition coefficient (Wildman–Crippen LogP) is 3.01. The van der Waals surface area contributed by atoms with Crippen molar-refractivity contribution in [3.63, 3.8) is 0 Å². The molecule has 22 heavy (non-hydrogen) atoms. The van der Waals surface area contributed by atoms with Gasteiger partial charge < -0.3 is 0 Å². The normalized spacial score (nSPS) is 11.5. The standard InChI is InChI=1S/C15H12N4OS2/c20-13-12-11(7-9-22-12)19-14(16-17-15(19)21)18(13)8-6-10-4-2-1-3-5-10/h1-5,7,9H,6,8H2,(H,17,21). The molecule has 0 amide bonds. The molecule has 0 radical (unpaired) electrons. The number of aryl methyl sites for hydroxylation is 2. The van der Waals surface area contributed by atoms with E-state index in [-0.39, 0.29) is 5.56 Å². The first-order valence-electron chi connectivity index (χ1n) is 6.87. The Hall–Kier alpha value is -2.25. The van der Waals surface area contributed by atoms with Crippen molar-refractivity contribution in [1.82, 2.24) is 19.2 Å². The largest absolute Gasteiger partial charge is 0.275 e. The minimum absolute atomic E-state index is 0.0116. The summed E-state index contributed by atoms with van der Waals surface area (Å²) < 4.78 is 4.73. The van der Waals surface area contributed by atoms with Crippen LogP contribution in [0.4, 0.5) is 0 Å². The molecular weight excluding hydrogens is 316 g/mol. The van der Waals surface area contributed by atoms with Gasteiger partial charge in [-0.15, -0.1) is 16.4 Å². The molecule has 0 aliphatic carbocycles. The predicted molar refractivity (Wildman–Crippen MR) is 90.2 cm³/mol. The van der Waals surface area contributed by atoms with E-state index in [1.165, 1.54) is 16.9 Å². The average molecular weight is 328 g/mol. The minimum atomic E-state index is -0.0116. The van der Waals surface area contributed by atoms with Gasteiger partial charge in [0.1, 0.15) is 4.70 Å². The summed E-state index contributed by atoms with van der Waals surface area (Å²) in [6.45, 7) is 0.569. The highest BCUT2D eigenvalue weighted by Crippen LogP contribution is 2.18. The molecule has 5 nitrogen and oxygen atoms in total. The van der Waals surface area contributed by atoms with Crippen LogP contribution in [0.25, 0.3) is 16.0 Å². The fourth-order valence-electron chi connectivity index (χ4n) is 2.63. The summed E-state index contributed by atoms with van der Waals surface area (Å²) in [6.07, 6.45) is 0.771. The van der Waals surface area contributed by atoms with Crippen molar-refractivity contribution in [2.24, 2.45) is 0 Å². The molecule has 0 spiro atoms. The van der Waals surface area contributed by atoms with E-state index in [1.54, 1.807) is 4.57 Å². The Morgan fingerprint density at radius 3 is 2.86 bits per heavy atom. The number of hydrogen-bond acceptors (Lipinski definition) is 4. The maximum atomic E-state index is 12.7. The van der Waals surface area contributed by atoms with E-state index in [2.05, 4.69) is 22.3 Å². The van der Waals surface area contributed by atoms with Gasteiger partial charge >= 0.3 is 0 Å². The van der Waals surface area contributed by atoms with Gasteiger partial charge in [-0.2, -0.15) is 0 Å². The van der Waals surface area contributed by atoms with Gasteiger partial charge in [0.05, 0.1) is 5.52 Å². The van der Waals surface area contributed by atoms with E-state index in [9.17, 15) is 4.79 Å². The van der Waals surface area contributed by atoms with Gasteiger partial charge in [0, 0.05) is 6.54 Å². The van der Waals surface area contributed by atoms with Crippen molar-refractivity contribution >= 4 is 39.5 Å². The summed E-state index contributed by atoms with van der Waals surface area (Å²) in [6, 6.07) is 12.0. The third-order valence-electron chi connectivity index (χ3n) is 3.69. The summed E-state index contributed by atoms with van der Waals surface area (Å²) in [7, 11) is 0. The van der Waals surface area contributed by atoms with Crippen LogP contribution in [0.5, 0.6) is 0 Å². The molecule has 0 saturated carbocycles. The van der Waals surface area contributed by atoms with Gasteiger partial charge in [0.15, 0.2) is 0 Å². The molecule has 1 aromatic carbocycles. The van der Waals surface area contributed by atoms with Crippen molar-refractivity contribution in [2.45, 2.75) is 13.0 Å².